The number of nitrogens with zero attached hydrogens (tertiary/aromatic N) is 5. The summed E-state index contributed by atoms with van der Waals surface area (Å²) in [6.45, 7) is 1.95. The van der Waals surface area contributed by atoms with Crippen LogP contribution in [0.3, 0.4) is 0 Å². The number of aromatic nitrogens is 5. The maximum absolute atomic E-state index is 5.28. The predicted octanol–water partition coefficient (Wildman–Crippen LogP) is 1.85. The van der Waals surface area contributed by atoms with E-state index >= 15 is 0 Å². The second-order valence-electron chi connectivity index (χ2n) is 4.28. The number of aryl methyl sites for hydroxylation is 1. The molecule has 7 heteroatoms. The second kappa shape index (κ2) is 4.76. The van der Waals surface area contributed by atoms with Crippen molar-refractivity contribution in [3.8, 4) is 28.7 Å². The minimum atomic E-state index is 0.446. The summed E-state index contributed by atoms with van der Waals surface area (Å²) in [7, 11) is 3.43. The molecule has 0 bridgehead atoms. The van der Waals surface area contributed by atoms with Crippen LogP contribution in [-0.4, -0.2) is 32.0 Å². The topological polar surface area (TPSA) is 78.9 Å². The van der Waals surface area contributed by atoms with Gasteiger partial charge in [0.25, 0.3) is 5.89 Å². The first-order chi connectivity index (χ1) is 9.69. The van der Waals surface area contributed by atoms with Crippen LogP contribution in [0, 0.1) is 6.92 Å². The molecule has 3 rings (SSSR count). The molecule has 0 fully saturated rings. The summed E-state index contributed by atoms with van der Waals surface area (Å²) in [5.41, 5.74) is 2.56. The van der Waals surface area contributed by atoms with Crippen LogP contribution < -0.4 is 4.74 Å². The quantitative estimate of drug-likeness (QED) is 0.723. The second-order valence-corrected chi connectivity index (χ2v) is 4.28. The third-order valence-electron chi connectivity index (χ3n) is 3.10. The van der Waals surface area contributed by atoms with Gasteiger partial charge < -0.3 is 9.26 Å². The first-order valence-corrected chi connectivity index (χ1v) is 6.02. The van der Waals surface area contributed by atoms with Crippen LogP contribution in [0.15, 0.2) is 29.0 Å². The molecule has 0 spiro atoms. The Hall–Kier alpha value is -2.70. The van der Waals surface area contributed by atoms with Crippen LogP contribution in [0.25, 0.3) is 22.8 Å². The van der Waals surface area contributed by atoms with E-state index in [-0.39, 0.29) is 0 Å². The van der Waals surface area contributed by atoms with E-state index in [4.69, 9.17) is 9.26 Å². The van der Waals surface area contributed by atoms with E-state index in [1.165, 1.54) is 0 Å². The molecule has 0 saturated carbocycles. The summed E-state index contributed by atoms with van der Waals surface area (Å²) in [5.74, 6) is 1.47. The van der Waals surface area contributed by atoms with Gasteiger partial charge in [-0.25, -0.2) is 4.98 Å². The van der Waals surface area contributed by atoms with E-state index in [1.807, 2.05) is 20.0 Å². The zero-order valence-corrected chi connectivity index (χ0v) is 11.4. The van der Waals surface area contributed by atoms with Gasteiger partial charge in [0.1, 0.15) is 0 Å². The first-order valence-electron chi connectivity index (χ1n) is 6.02. The Bertz CT molecular complexity index is 730. The van der Waals surface area contributed by atoms with E-state index in [0.717, 1.165) is 16.8 Å². The Balaban J connectivity index is 1.95. The summed E-state index contributed by atoms with van der Waals surface area (Å²) in [6.07, 6.45) is 3.35. The summed E-state index contributed by atoms with van der Waals surface area (Å²) in [5, 5.41) is 8.12. The van der Waals surface area contributed by atoms with Gasteiger partial charge in [0.2, 0.25) is 11.7 Å². The Kier molecular flexibility index (Phi) is 2.94. The number of hydrogen-bond donors (Lipinski definition) is 0. The summed E-state index contributed by atoms with van der Waals surface area (Å²) >= 11 is 0. The molecule has 3 heterocycles. The van der Waals surface area contributed by atoms with E-state index in [0.29, 0.717) is 17.6 Å². The van der Waals surface area contributed by atoms with E-state index in [2.05, 4.69) is 20.2 Å². The SMILES string of the molecule is COc1ccc(-c2noc(-c3cnn(C)c3C)n2)cn1. The third-order valence-corrected chi connectivity index (χ3v) is 3.10. The van der Waals surface area contributed by atoms with Gasteiger partial charge in [0.15, 0.2) is 0 Å². The van der Waals surface area contributed by atoms with Gasteiger partial charge in [0.05, 0.1) is 18.9 Å². The van der Waals surface area contributed by atoms with E-state index in [9.17, 15) is 0 Å². The number of pyridine rings is 1. The Labute approximate surface area is 115 Å². The van der Waals surface area contributed by atoms with Crippen LogP contribution in [0.4, 0.5) is 0 Å². The van der Waals surface area contributed by atoms with E-state index in [1.54, 1.807) is 30.3 Å². The number of hydrogen-bond acceptors (Lipinski definition) is 6. The molecule has 0 aliphatic rings. The standard InChI is InChI=1S/C13H13N5O2/c1-8-10(7-15-18(8)2)13-16-12(17-20-13)9-4-5-11(19-3)14-6-9/h4-7H,1-3H3. The Morgan fingerprint density at radius 3 is 2.70 bits per heavy atom. The van der Waals surface area contributed by atoms with Crippen LogP contribution in [0.5, 0.6) is 5.88 Å². The zero-order chi connectivity index (χ0) is 14.1. The largest absolute Gasteiger partial charge is 0.481 e. The molecule has 0 unspecified atom stereocenters. The highest BCUT2D eigenvalue weighted by Crippen LogP contribution is 2.24. The molecule has 20 heavy (non-hydrogen) atoms. The van der Waals surface area contributed by atoms with Gasteiger partial charge in [0, 0.05) is 30.6 Å². The first kappa shape index (κ1) is 12.3. The molecule has 3 aromatic heterocycles. The third kappa shape index (κ3) is 2.03. The minimum Gasteiger partial charge on any atom is -0.481 e. The zero-order valence-electron chi connectivity index (χ0n) is 11.4. The smallest absolute Gasteiger partial charge is 0.261 e. The predicted molar refractivity (Wildman–Crippen MR) is 71.0 cm³/mol. The lowest BCUT2D eigenvalue weighted by Crippen LogP contribution is -1.92. The van der Waals surface area contributed by atoms with Crippen molar-refractivity contribution in [2.75, 3.05) is 7.11 Å². The fourth-order valence-electron chi connectivity index (χ4n) is 1.79. The van der Waals surface area contributed by atoms with Gasteiger partial charge in [-0.15, -0.1) is 0 Å². The van der Waals surface area contributed by atoms with Crippen LogP contribution in [-0.2, 0) is 7.05 Å². The molecule has 0 N–H and O–H groups in total. The van der Waals surface area contributed by atoms with Gasteiger partial charge in [-0.2, -0.15) is 10.1 Å². The molecule has 0 aliphatic carbocycles. The molecule has 0 saturated heterocycles. The van der Waals surface area contributed by atoms with E-state index < -0.39 is 0 Å². The number of ether oxygens (including phenoxy) is 1. The molecule has 0 atom stereocenters. The summed E-state index contributed by atoms with van der Waals surface area (Å²) < 4.78 is 12.1. The van der Waals surface area contributed by atoms with Crippen molar-refractivity contribution in [2.45, 2.75) is 6.92 Å². The lowest BCUT2D eigenvalue weighted by molar-refractivity contribution is 0.398. The molecule has 0 amide bonds. The molecule has 3 aromatic rings. The van der Waals surface area contributed by atoms with Crippen LogP contribution >= 0.6 is 0 Å². The summed E-state index contributed by atoms with van der Waals surface area (Å²) in [6, 6.07) is 3.58. The Morgan fingerprint density at radius 1 is 1.25 bits per heavy atom. The highest BCUT2D eigenvalue weighted by Gasteiger charge is 2.15. The monoisotopic (exact) mass is 271 g/mol. The fraction of sp³-hybridized carbons (Fsp3) is 0.231. The maximum Gasteiger partial charge on any atom is 0.261 e. The molecule has 7 nitrogen and oxygen atoms in total. The molecular weight excluding hydrogens is 258 g/mol. The van der Waals surface area contributed by atoms with Crippen molar-refractivity contribution in [1.82, 2.24) is 24.9 Å². The van der Waals surface area contributed by atoms with Crippen molar-refractivity contribution in [2.24, 2.45) is 7.05 Å². The lowest BCUT2D eigenvalue weighted by Gasteiger charge is -1.97. The lowest BCUT2D eigenvalue weighted by atomic mass is 10.2. The highest BCUT2D eigenvalue weighted by molar-refractivity contribution is 5.60. The normalized spacial score (nSPS) is 10.8. The Morgan fingerprint density at radius 2 is 2.10 bits per heavy atom. The fourth-order valence-corrected chi connectivity index (χ4v) is 1.79. The number of methoxy groups -OCH3 is 1. The van der Waals surface area contributed by atoms with Crippen molar-refractivity contribution >= 4 is 0 Å². The van der Waals surface area contributed by atoms with Crippen molar-refractivity contribution in [1.29, 1.82) is 0 Å². The van der Waals surface area contributed by atoms with Gasteiger partial charge in [-0.05, 0) is 13.0 Å². The molecular formula is C13H13N5O2. The molecule has 0 aromatic carbocycles. The number of rotatable bonds is 3. The van der Waals surface area contributed by atoms with Crippen molar-refractivity contribution in [3.05, 3.63) is 30.2 Å². The van der Waals surface area contributed by atoms with Gasteiger partial charge in [-0.1, -0.05) is 5.16 Å². The van der Waals surface area contributed by atoms with Gasteiger partial charge in [-0.3, -0.25) is 4.68 Å². The van der Waals surface area contributed by atoms with Gasteiger partial charge >= 0.3 is 0 Å². The highest BCUT2D eigenvalue weighted by atomic mass is 16.5. The van der Waals surface area contributed by atoms with Crippen molar-refractivity contribution in [3.63, 3.8) is 0 Å². The van der Waals surface area contributed by atoms with Crippen LogP contribution in [0.2, 0.25) is 0 Å². The molecule has 0 radical (unpaired) electrons. The maximum atomic E-state index is 5.28. The average molecular weight is 271 g/mol. The molecule has 0 aliphatic heterocycles. The molecule has 102 valence electrons. The average Bonchev–Trinajstić information content (AvgIpc) is 3.08. The van der Waals surface area contributed by atoms with Crippen LogP contribution in [0.1, 0.15) is 5.69 Å². The summed E-state index contributed by atoms with van der Waals surface area (Å²) in [4.78, 5) is 8.49. The minimum absolute atomic E-state index is 0.446. The van der Waals surface area contributed by atoms with Crippen molar-refractivity contribution < 1.29 is 9.26 Å².